The van der Waals surface area contributed by atoms with Crippen LogP contribution >= 0.6 is 0 Å². The zero-order valence-corrected chi connectivity index (χ0v) is 12.3. The number of nitrogens with zero attached hydrogens (tertiary/aromatic N) is 3. The molecular weight excluding hydrogens is 268 g/mol. The normalized spacial score (nSPS) is 22.4. The van der Waals surface area contributed by atoms with E-state index in [2.05, 4.69) is 15.4 Å². The number of hydrogen-bond acceptors (Lipinski definition) is 4. The number of carbonyl (C=O) groups is 1. The van der Waals surface area contributed by atoms with Gasteiger partial charge in [-0.15, -0.1) is 0 Å². The molecule has 0 spiro atoms. The zero-order chi connectivity index (χ0) is 15.0. The third-order valence-corrected chi connectivity index (χ3v) is 4.12. The average Bonchev–Trinajstić information content (AvgIpc) is 2.82. The van der Waals surface area contributed by atoms with Crippen molar-refractivity contribution in [3.63, 3.8) is 0 Å². The lowest BCUT2D eigenvalue weighted by Crippen LogP contribution is -2.45. The number of aryl methyl sites for hydroxylation is 2. The number of carbonyl (C=O) groups excluding carboxylic acids is 1. The first kappa shape index (κ1) is 14.0. The van der Waals surface area contributed by atoms with Gasteiger partial charge in [0, 0.05) is 12.7 Å². The molecule has 0 aromatic carbocycles. The fourth-order valence-corrected chi connectivity index (χ4v) is 2.95. The van der Waals surface area contributed by atoms with Crippen molar-refractivity contribution in [2.75, 3.05) is 0 Å². The van der Waals surface area contributed by atoms with Gasteiger partial charge >= 0.3 is 0 Å². The van der Waals surface area contributed by atoms with Crippen LogP contribution in [0.25, 0.3) is 11.0 Å². The average molecular weight is 288 g/mol. The molecule has 0 radical (unpaired) electrons. The van der Waals surface area contributed by atoms with Crippen LogP contribution in [0.3, 0.4) is 0 Å². The van der Waals surface area contributed by atoms with Crippen LogP contribution in [0.5, 0.6) is 0 Å². The molecule has 1 saturated carbocycles. The van der Waals surface area contributed by atoms with E-state index in [1.807, 2.05) is 6.92 Å². The van der Waals surface area contributed by atoms with Crippen LogP contribution in [-0.2, 0) is 7.05 Å². The third kappa shape index (κ3) is 2.63. The summed E-state index contributed by atoms with van der Waals surface area (Å²) in [6, 6.07) is 1.61. The second-order valence-corrected chi connectivity index (χ2v) is 5.75. The van der Waals surface area contributed by atoms with Crippen LogP contribution in [-0.4, -0.2) is 37.9 Å². The maximum absolute atomic E-state index is 12.5. The van der Waals surface area contributed by atoms with Crippen LogP contribution in [0, 0.1) is 6.92 Å². The Morgan fingerprint density at radius 2 is 2.19 bits per heavy atom. The van der Waals surface area contributed by atoms with Gasteiger partial charge in [-0.25, -0.2) is 4.98 Å². The Morgan fingerprint density at radius 3 is 2.95 bits per heavy atom. The van der Waals surface area contributed by atoms with Gasteiger partial charge in [-0.1, -0.05) is 12.8 Å². The molecule has 1 fully saturated rings. The molecule has 2 heterocycles. The molecule has 2 unspecified atom stereocenters. The van der Waals surface area contributed by atoms with Gasteiger partial charge in [-0.05, 0) is 25.8 Å². The molecule has 6 nitrogen and oxygen atoms in total. The fraction of sp³-hybridized carbons (Fsp3) is 0.533. The van der Waals surface area contributed by atoms with Crippen molar-refractivity contribution in [3.05, 3.63) is 23.5 Å². The maximum atomic E-state index is 12.5. The summed E-state index contributed by atoms with van der Waals surface area (Å²) in [7, 11) is 1.81. The van der Waals surface area contributed by atoms with E-state index in [1.54, 1.807) is 24.0 Å². The van der Waals surface area contributed by atoms with Crippen molar-refractivity contribution in [2.45, 2.75) is 44.8 Å². The van der Waals surface area contributed by atoms with Crippen molar-refractivity contribution in [3.8, 4) is 0 Å². The lowest BCUT2D eigenvalue weighted by Gasteiger charge is -2.28. The van der Waals surface area contributed by atoms with E-state index in [1.165, 1.54) is 0 Å². The van der Waals surface area contributed by atoms with Gasteiger partial charge in [0.05, 0.1) is 29.3 Å². The molecule has 1 amide bonds. The highest BCUT2D eigenvalue weighted by Crippen LogP contribution is 2.21. The Kier molecular flexibility index (Phi) is 3.63. The number of aromatic nitrogens is 3. The topological polar surface area (TPSA) is 80.0 Å². The van der Waals surface area contributed by atoms with E-state index in [9.17, 15) is 9.90 Å². The van der Waals surface area contributed by atoms with Crippen LogP contribution in [0.15, 0.2) is 12.3 Å². The lowest BCUT2D eigenvalue weighted by atomic mass is 9.92. The maximum Gasteiger partial charge on any atom is 0.252 e. The van der Waals surface area contributed by atoms with Gasteiger partial charge in [0.2, 0.25) is 0 Å². The highest BCUT2D eigenvalue weighted by molar-refractivity contribution is 6.05. The lowest BCUT2D eigenvalue weighted by molar-refractivity contribution is 0.0718. The minimum absolute atomic E-state index is 0.161. The molecule has 2 N–H and O–H groups in total. The van der Waals surface area contributed by atoms with Gasteiger partial charge in [-0.3, -0.25) is 9.48 Å². The highest BCUT2D eigenvalue weighted by atomic mass is 16.3. The summed E-state index contributed by atoms with van der Waals surface area (Å²) in [5.41, 5.74) is 2.05. The quantitative estimate of drug-likeness (QED) is 0.873. The Bertz CT molecular complexity index is 680. The zero-order valence-electron chi connectivity index (χ0n) is 12.3. The van der Waals surface area contributed by atoms with E-state index in [0.29, 0.717) is 11.2 Å². The number of pyridine rings is 1. The van der Waals surface area contributed by atoms with Gasteiger partial charge < -0.3 is 10.4 Å². The largest absolute Gasteiger partial charge is 0.391 e. The summed E-state index contributed by atoms with van der Waals surface area (Å²) in [4.78, 5) is 17.0. The SMILES string of the molecule is Cc1cc(C(=O)NC2CCCCC2O)c2cnn(C)c2n1. The number of amides is 1. The van der Waals surface area contributed by atoms with Gasteiger partial charge in [0.15, 0.2) is 5.65 Å². The van der Waals surface area contributed by atoms with Crippen molar-refractivity contribution in [2.24, 2.45) is 7.05 Å². The molecule has 6 heteroatoms. The highest BCUT2D eigenvalue weighted by Gasteiger charge is 2.26. The molecule has 1 aliphatic rings. The standard InChI is InChI=1S/C15H20N4O2/c1-9-7-10(11-8-16-19(2)14(11)17-9)15(21)18-12-5-3-4-6-13(12)20/h7-8,12-13,20H,3-6H2,1-2H3,(H,18,21). The Hall–Kier alpha value is -1.95. The third-order valence-electron chi connectivity index (χ3n) is 4.12. The first-order valence-electron chi connectivity index (χ1n) is 7.34. The molecule has 2 aromatic heterocycles. The first-order valence-corrected chi connectivity index (χ1v) is 7.34. The molecule has 2 aromatic rings. The Morgan fingerprint density at radius 1 is 1.43 bits per heavy atom. The van der Waals surface area contributed by atoms with Gasteiger partial charge in [0.25, 0.3) is 5.91 Å². The molecule has 0 saturated heterocycles. The number of fused-ring (bicyclic) bond motifs is 1. The number of aliphatic hydroxyl groups excluding tert-OH is 1. The molecule has 1 aliphatic carbocycles. The second-order valence-electron chi connectivity index (χ2n) is 5.75. The van der Waals surface area contributed by atoms with Gasteiger partial charge in [-0.2, -0.15) is 5.10 Å². The summed E-state index contributed by atoms with van der Waals surface area (Å²) in [6.07, 6.45) is 4.85. The van der Waals surface area contributed by atoms with Crippen molar-refractivity contribution < 1.29 is 9.90 Å². The molecule has 3 rings (SSSR count). The summed E-state index contributed by atoms with van der Waals surface area (Å²) < 4.78 is 1.66. The Balaban J connectivity index is 1.90. The molecule has 21 heavy (non-hydrogen) atoms. The summed E-state index contributed by atoms with van der Waals surface area (Å²) in [5.74, 6) is -0.163. The van der Waals surface area contributed by atoms with Crippen molar-refractivity contribution in [1.82, 2.24) is 20.1 Å². The minimum Gasteiger partial charge on any atom is -0.391 e. The summed E-state index contributed by atoms with van der Waals surface area (Å²) >= 11 is 0. The fourth-order valence-electron chi connectivity index (χ4n) is 2.95. The molecule has 112 valence electrons. The van der Waals surface area contributed by atoms with Crippen molar-refractivity contribution >= 4 is 16.9 Å². The predicted octanol–water partition coefficient (Wildman–Crippen LogP) is 1.31. The number of rotatable bonds is 2. The van der Waals surface area contributed by atoms with Crippen LogP contribution in [0.4, 0.5) is 0 Å². The predicted molar refractivity (Wildman–Crippen MR) is 79.0 cm³/mol. The smallest absolute Gasteiger partial charge is 0.252 e. The summed E-state index contributed by atoms with van der Waals surface area (Å²) in [6.45, 7) is 1.86. The van der Waals surface area contributed by atoms with E-state index in [4.69, 9.17) is 0 Å². The van der Waals surface area contributed by atoms with Crippen LogP contribution < -0.4 is 5.32 Å². The summed E-state index contributed by atoms with van der Waals surface area (Å²) in [5, 5.41) is 17.9. The van der Waals surface area contributed by atoms with E-state index in [-0.39, 0.29) is 11.9 Å². The van der Waals surface area contributed by atoms with Crippen LogP contribution in [0.1, 0.15) is 41.7 Å². The minimum atomic E-state index is -0.449. The molecule has 2 atom stereocenters. The van der Waals surface area contributed by atoms with E-state index >= 15 is 0 Å². The monoisotopic (exact) mass is 288 g/mol. The first-order chi connectivity index (χ1) is 10.1. The molecular formula is C15H20N4O2. The molecule has 0 aliphatic heterocycles. The second kappa shape index (κ2) is 5.44. The van der Waals surface area contributed by atoms with E-state index < -0.39 is 6.10 Å². The number of aliphatic hydroxyl groups is 1. The number of hydrogen-bond donors (Lipinski definition) is 2. The molecule has 0 bridgehead atoms. The van der Waals surface area contributed by atoms with Gasteiger partial charge in [0.1, 0.15) is 0 Å². The van der Waals surface area contributed by atoms with Crippen LogP contribution in [0.2, 0.25) is 0 Å². The Labute approximate surface area is 123 Å². The van der Waals surface area contributed by atoms with Crippen molar-refractivity contribution in [1.29, 1.82) is 0 Å². The van der Waals surface area contributed by atoms with E-state index in [0.717, 1.165) is 36.8 Å². The number of nitrogens with one attached hydrogen (secondary N) is 1.